The third kappa shape index (κ3) is 3.69. The molecule has 4 fully saturated rings. The van der Waals surface area contributed by atoms with Crippen LogP contribution in [0.4, 0.5) is 0 Å². The maximum Gasteiger partial charge on any atom is 0.311 e. The predicted molar refractivity (Wildman–Crippen MR) is 118 cm³/mol. The molecule has 0 spiro atoms. The fraction of sp³-hybridized carbons (Fsp3) is 0.792. The van der Waals surface area contributed by atoms with E-state index in [0.717, 1.165) is 56.0 Å². The molecule has 0 N–H and O–H groups in total. The Labute approximate surface area is 184 Å². The number of hydrogen-bond donors (Lipinski definition) is 0. The minimum absolute atomic E-state index is 0.00513. The Morgan fingerprint density at radius 1 is 1.20 bits per heavy atom. The number of methoxy groups -OCH3 is 1. The van der Waals surface area contributed by atoms with E-state index in [4.69, 9.17) is 9.73 Å². The average Bonchev–Trinajstić information content (AvgIpc) is 3.07. The van der Waals surface area contributed by atoms with Gasteiger partial charge in [-0.2, -0.15) is 0 Å². The van der Waals surface area contributed by atoms with Crippen molar-refractivity contribution in [2.45, 2.75) is 91.0 Å². The van der Waals surface area contributed by atoms with Crippen LogP contribution in [0.1, 0.15) is 84.6 Å². The lowest BCUT2D eigenvalue weighted by Crippen LogP contribution is -2.57. The largest absolute Gasteiger partial charge is 0.469 e. The molecule has 4 aliphatic carbocycles. The molecule has 1 heterocycles. The Balaban J connectivity index is 1.70. The van der Waals surface area contributed by atoms with Gasteiger partial charge in [-0.15, -0.1) is 0 Å². The molecule has 0 aromatic carbocycles. The molecule has 166 valence electrons. The van der Waals surface area contributed by atoms with Gasteiger partial charge in [0.25, 0.3) is 5.91 Å². The summed E-state index contributed by atoms with van der Waals surface area (Å²) in [6, 6.07) is 0. The van der Waals surface area contributed by atoms with Gasteiger partial charge in [-0.3, -0.25) is 13.5 Å². The van der Waals surface area contributed by atoms with Gasteiger partial charge in [0.05, 0.1) is 17.9 Å². The number of unbranched alkanes of at least 4 members (excludes halogenated alkanes) is 1. The van der Waals surface area contributed by atoms with Crippen LogP contribution in [0.3, 0.4) is 0 Å². The molecule has 0 aliphatic heterocycles. The molecule has 5 nitrogen and oxygen atoms in total. The minimum Gasteiger partial charge on any atom is -0.469 e. The molecule has 6 heteroatoms. The Bertz CT molecular complexity index is 890. The van der Waals surface area contributed by atoms with E-state index in [9.17, 15) is 9.59 Å². The number of amides is 1. The Hall–Kier alpha value is -1.43. The highest BCUT2D eigenvalue weighted by Crippen LogP contribution is 2.65. The highest BCUT2D eigenvalue weighted by molar-refractivity contribution is 7.04. The van der Waals surface area contributed by atoms with Crippen molar-refractivity contribution in [3.8, 4) is 0 Å². The number of esters is 1. The van der Waals surface area contributed by atoms with E-state index in [2.05, 4.69) is 37.8 Å². The van der Waals surface area contributed by atoms with Crippen LogP contribution in [0.15, 0.2) is 11.2 Å². The van der Waals surface area contributed by atoms with Crippen LogP contribution >= 0.6 is 11.5 Å². The van der Waals surface area contributed by atoms with Crippen molar-refractivity contribution in [2.24, 2.45) is 27.7 Å². The van der Waals surface area contributed by atoms with Crippen LogP contribution < -0.4 is 4.67 Å². The molecule has 30 heavy (non-hydrogen) atoms. The first-order valence-electron chi connectivity index (χ1n) is 11.5. The van der Waals surface area contributed by atoms with Gasteiger partial charge in [0.2, 0.25) is 0 Å². The van der Waals surface area contributed by atoms with E-state index in [1.807, 2.05) is 0 Å². The number of carbonyl (C=O) groups excluding carboxylic acids is 2. The highest BCUT2D eigenvalue weighted by Gasteiger charge is 2.63. The maximum atomic E-state index is 13.7. The van der Waals surface area contributed by atoms with Gasteiger partial charge in [0.1, 0.15) is 4.67 Å². The summed E-state index contributed by atoms with van der Waals surface area (Å²) in [5, 5.41) is 0. The van der Waals surface area contributed by atoms with Gasteiger partial charge in [0, 0.05) is 17.3 Å². The first-order chi connectivity index (χ1) is 14.1. The van der Waals surface area contributed by atoms with E-state index in [1.165, 1.54) is 12.7 Å². The van der Waals surface area contributed by atoms with Crippen LogP contribution in [-0.4, -0.2) is 22.9 Å². The zero-order valence-electron chi connectivity index (χ0n) is 19.1. The summed E-state index contributed by atoms with van der Waals surface area (Å²) < 4.78 is 8.29. The van der Waals surface area contributed by atoms with E-state index in [1.54, 1.807) is 11.5 Å². The van der Waals surface area contributed by atoms with Crippen LogP contribution in [-0.2, 0) is 26.3 Å². The molecule has 1 aromatic rings. The summed E-state index contributed by atoms with van der Waals surface area (Å²) in [4.78, 5) is 31.2. The van der Waals surface area contributed by atoms with Gasteiger partial charge in [-0.25, -0.2) is 4.99 Å². The SMILES string of the molecule is CCCCc1cn(C(C)(C)C)s/c1=N\C(=O)C12CC3CC(C1)CC(C(=O)OC)(C3)C2. The summed E-state index contributed by atoms with van der Waals surface area (Å²) in [5.41, 5.74) is 0.211. The number of ether oxygens (including phenoxy) is 1. The molecular formula is C24H36N2O3S. The first-order valence-corrected chi connectivity index (χ1v) is 12.3. The average molecular weight is 433 g/mol. The first kappa shape index (κ1) is 21.8. The normalized spacial score (nSPS) is 33.2. The van der Waals surface area contributed by atoms with E-state index in [0.29, 0.717) is 18.3 Å². The number of rotatable bonds is 5. The fourth-order valence-corrected chi connectivity index (χ4v) is 7.55. The maximum absolute atomic E-state index is 13.7. The van der Waals surface area contributed by atoms with Crippen molar-refractivity contribution in [2.75, 3.05) is 7.11 Å². The van der Waals surface area contributed by atoms with Crippen molar-refractivity contribution in [3.05, 3.63) is 16.4 Å². The van der Waals surface area contributed by atoms with E-state index < -0.39 is 10.8 Å². The summed E-state index contributed by atoms with van der Waals surface area (Å²) in [6.07, 6.45) is 10.7. The zero-order valence-corrected chi connectivity index (χ0v) is 19.9. The molecule has 4 aliphatic rings. The van der Waals surface area contributed by atoms with Gasteiger partial charge in [-0.05, 0) is 95.5 Å². The zero-order chi connectivity index (χ0) is 21.7. The number of carbonyl (C=O) groups is 2. The number of aromatic nitrogens is 1. The lowest BCUT2D eigenvalue weighted by Gasteiger charge is -2.59. The van der Waals surface area contributed by atoms with Gasteiger partial charge in [-0.1, -0.05) is 13.3 Å². The third-order valence-electron chi connectivity index (χ3n) is 7.53. The second kappa shape index (κ2) is 7.61. The second-order valence-electron chi connectivity index (χ2n) is 11.1. The number of aryl methyl sites for hydroxylation is 1. The molecule has 0 radical (unpaired) electrons. The van der Waals surface area contributed by atoms with Crippen molar-refractivity contribution in [3.63, 3.8) is 0 Å². The van der Waals surface area contributed by atoms with E-state index in [-0.39, 0.29) is 17.4 Å². The number of hydrogen-bond acceptors (Lipinski definition) is 4. The van der Waals surface area contributed by atoms with Gasteiger partial charge >= 0.3 is 5.97 Å². The van der Waals surface area contributed by atoms with Crippen molar-refractivity contribution >= 4 is 23.4 Å². The molecule has 4 saturated carbocycles. The highest BCUT2D eigenvalue weighted by atomic mass is 32.1. The Morgan fingerprint density at radius 3 is 2.40 bits per heavy atom. The quantitative estimate of drug-likeness (QED) is 0.626. The molecule has 1 aromatic heterocycles. The molecule has 2 atom stereocenters. The molecular weight excluding hydrogens is 396 g/mol. The lowest BCUT2D eigenvalue weighted by atomic mass is 9.44. The third-order valence-corrected chi connectivity index (χ3v) is 8.91. The van der Waals surface area contributed by atoms with E-state index >= 15 is 0 Å². The van der Waals surface area contributed by atoms with Crippen LogP contribution in [0, 0.1) is 22.7 Å². The topological polar surface area (TPSA) is 60.7 Å². The smallest absolute Gasteiger partial charge is 0.311 e. The minimum atomic E-state index is -0.475. The summed E-state index contributed by atoms with van der Waals surface area (Å²) in [5.74, 6) is 0.795. The monoisotopic (exact) mass is 432 g/mol. The van der Waals surface area contributed by atoms with Crippen molar-refractivity contribution < 1.29 is 14.3 Å². The standard InChI is InChI=1S/C24H36N2O3S/c1-6-7-8-18-14-26(22(2,3)4)30-19(18)25-20(27)23-10-16-9-17(11-23)13-24(12-16,15-23)21(28)29-5/h14,16-17H,6-13,15H2,1-5H3/b25-19-. The summed E-state index contributed by atoms with van der Waals surface area (Å²) in [6.45, 7) is 8.72. The lowest BCUT2D eigenvalue weighted by molar-refractivity contribution is -0.180. The summed E-state index contributed by atoms with van der Waals surface area (Å²) >= 11 is 1.60. The molecule has 5 rings (SSSR count). The molecule has 0 saturated heterocycles. The second-order valence-corrected chi connectivity index (χ2v) is 12.0. The van der Waals surface area contributed by atoms with Crippen LogP contribution in [0.2, 0.25) is 0 Å². The van der Waals surface area contributed by atoms with Gasteiger partial charge in [0.15, 0.2) is 0 Å². The van der Waals surface area contributed by atoms with Crippen LogP contribution in [0.25, 0.3) is 0 Å². The number of nitrogens with zero attached hydrogens (tertiary/aromatic N) is 2. The molecule has 1 amide bonds. The molecule has 2 unspecified atom stereocenters. The summed E-state index contributed by atoms with van der Waals surface area (Å²) in [7, 11) is 1.48. The fourth-order valence-electron chi connectivity index (χ4n) is 6.52. The Morgan fingerprint density at radius 2 is 1.83 bits per heavy atom. The van der Waals surface area contributed by atoms with Crippen molar-refractivity contribution in [1.29, 1.82) is 0 Å². The van der Waals surface area contributed by atoms with Crippen molar-refractivity contribution in [1.82, 2.24) is 3.96 Å². The predicted octanol–water partition coefficient (Wildman–Crippen LogP) is 4.83. The van der Waals surface area contributed by atoms with Crippen LogP contribution in [0.5, 0.6) is 0 Å². The molecule has 4 bridgehead atoms. The van der Waals surface area contributed by atoms with Gasteiger partial charge < -0.3 is 4.74 Å². The Kier molecular flexibility index (Phi) is 5.53.